The lowest BCUT2D eigenvalue weighted by Gasteiger charge is -2.34. The molecule has 1 aromatic rings. The van der Waals surface area contributed by atoms with Gasteiger partial charge in [-0.25, -0.2) is 4.98 Å². The Labute approximate surface area is 112 Å². The number of aryl methyl sites for hydroxylation is 1. The standard InChI is InChI=1S/C13H17ClN2O2/c1-9-6-10(7-12(14)15-9)13(18)16-5-3-2-4-11(16)8-17/h6-7,11,17H,2-5,8H2,1H3. The normalized spacial score (nSPS) is 19.9. The number of nitrogens with zero attached hydrogens (tertiary/aromatic N) is 2. The molecule has 0 bridgehead atoms. The molecule has 1 fully saturated rings. The summed E-state index contributed by atoms with van der Waals surface area (Å²) in [6.45, 7) is 2.52. The fraction of sp³-hybridized carbons (Fsp3) is 0.538. The summed E-state index contributed by atoms with van der Waals surface area (Å²) < 4.78 is 0. The molecule has 5 heteroatoms. The summed E-state index contributed by atoms with van der Waals surface area (Å²) in [7, 11) is 0. The van der Waals surface area contributed by atoms with E-state index in [0.29, 0.717) is 17.3 Å². The molecule has 0 spiro atoms. The van der Waals surface area contributed by atoms with Crippen molar-refractivity contribution < 1.29 is 9.90 Å². The van der Waals surface area contributed by atoms with Crippen molar-refractivity contribution in [3.63, 3.8) is 0 Å². The quantitative estimate of drug-likeness (QED) is 0.835. The largest absolute Gasteiger partial charge is 0.394 e. The second-order valence-corrected chi connectivity index (χ2v) is 5.04. The maximum absolute atomic E-state index is 12.4. The summed E-state index contributed by atoms with van der Waals surface area (Å²) in [5.41, 5.74) is 1.27. The Kier molecular flexibility index (Phi) is 4.19. The average molecular weight is 269 g/mol. The number of amides is 1. The van der Waals surface area contributed by atoms with Crippen LogP contribution in [0.1, 0.15) is 35.3 Å². The number of piperidine rings is 1. The number of pyridine rings is 1. The highest BCUT2D eigenvalue weighted by molar-refractivity contribution is 6.29. The Balaban J connectivity index is 2.23. The van der Waals surface area contributed by atoms with Crippen LogP contribution in [-0.2, 0) is 0 Å². The van der Waals surface area contributed by atoms with Gasteiger partial charge in [0.15, 0.2) is 0 Å². The summed E-state index contributed by atoms with van der Waals surface area (Å²) in [5.74, 6) is -0.0684. The number of carbonyl (C=O) groups excluding carboxylic acids is 1. The molecule has 98 valence electrons. The first-order valence-electron chi connectivity index (χ1n) is 6.18. The first-order valence-corrected chi connectivity index (χ1v) is 6.55. The first-order chi connectivity index (χ1) is 8.61. The van der Waals surface area contributed by atoms with E-state index < -0.39 is 0 Å². The molecule has 1 aliphatic rings. The predicted molar refractivity (Wildman–Crippen MR) is 69.7 cm³/mol. The fourth-order valence-corrected chi connectivity index (χ4v) is 2.63. The van der Waals surface area contributed by atoms with Crippen LogP contribution in [0.3, 0.4) is 0 Å². The summed E-state index contributed by atoms with van der Waals surface area (Å²) in [6, 6.07) is 3.25. The Morgan fingerprint density at radius 2 is 2.33 bits per heavy atom. The van der Waals surface area contributed by atoms with Crippen molar-refractivity contribution in [1.29, 1.82) is 0 Å². The number of halogens is 1. The van der Waals surface area contributed by atoms with Gasteiger partial charge in [0.2, 0.25) is 0 Å². The minimum atomic E-state index is -0.0708. The number of likely N-dealkylation sites (tertiary alicyclic amines) is 1. The van der Waals surface area contributed by atoms with Crippen LogP contribution in [0, 0.1) is 6.92 Å². The van der Waals surface area contributed by atoms with E-state index in [4.69, 9.17) is 11.6 Å². The molecule has 0 saturated carbocycles. The summed E-state index contributed by atoms with van der Waals surface area (Å²) in [4.78, 5) is 18.2. The average Bonchev–Trinajstić information content (AvgIpc) is 2.36. The van der Waals surface area contributed by atoms with Crippen molar-refractivity contribution in [2.24, 2.45) is 0 Å². The Morgan fingerprint density at radius 3 is 3.00 bits per heavy atom. The van der Waals surface area contributed by atoms with Crippen molar-refractivity contribution >= 4 is 17.5 Å². The van der Waals surface area contributed by atoms with Crippen molar-refractivity contribution in [1.82, 2.24) is 9.88 Å². The number of carbonyl (C=O) groups is 1. The number of aliphatic hydroxyl groups excluding tert-OH is 1. The molecule has 0 aromatic carbocycles. The monoisotopic (exact) mass is 268 g/mol. The van der Waals surface area contributed by atoms with Gasteiger partial charge in [-0.3, -0.25) is 4.79 Å². The van der Waals surface area contributed by atoms with E-state index in [9.17, 15) is 9.90 Å². The van der Waals surface area contributed by atoms with E-state index in [0.717, 1.165) is 25.0 Å². The minimum Gasteiger partial charge on any atom is -0.394 e. The smallest absolute Gasteiger partial charge is 0.254 e. The molecule has 2 rings (SSSR count). The van der Waals surface area contributed by atoms with Crippen LogP contribution in [0.25, 0.3) is 0 Å². The molecule has 1 unspecified atom stereocenters. The molecular formula is C13H17ClN2O2. The lowest BCUT2D eigenvalue weighted by Crippen LogP contribution is -2.45. The van der Waals surface area contributed by atoms with Crippen LogP contribution in [0.5, 0.6) is 0 Å². The van der Waals surface area contributed by atoms with Gasteiger partial charge in [-0.05, 0) is 38.3 Å². The molecule has 0 aliphatic carbocycles. The summed E-state index contributed by atoms with van der Waals surface area (Å²) in [6.07, 6.45) is 2.91. The van der Waals surface area contributed by atoms with Gasteiger partial charge in [0.1, 0.15) is 5.15 Å². The van der Waals surface area contributed by atoms with Crippen LogP contribution < -0.4 is 0 Å². The maximum atomic E-state index is 12.4. The van der Waals surface area contributed by atoms with E-state index in [-0.39, 0.29) is 18.6 Å². The van der Waals surface area contributed by atoms with Crippen molar-refractivity contribution in [2.75, 3.05) is 13.2 Å². The minimum absolute atomic E-state index is 0.0174. The molecule has 1 aromatic heterocycles. The van der Waals surface area contributed by atoms with E-state index >= 15 is 0 Å². The first kappa shape index (κ1) is 13.3. The number of hydrogen-bond acceptors (Lipinski definition) is 3. The lowest BCUT2D eigenvalue weighted by molar-refractivity contribution is 0.0503. The third-order valence-electron chi connectivity index (χ3n) is 3.27. The Bertz CT molecular complexity index is 430. The molecule has 1 N–H and O–H groups in total. The van der Waals surface area contributed by atoms with E-state index in [1.165, 1.54) is 0 Å². The maximum Gasteiger partial charge on any atom is 0.254 e. The number of rotatable bonds is 2. The molecule has 1 aliphatic heterocycles. The van der Waals surface area contributed by atoms with Gasteiger partial charge in [0, 0.05) is 17.8 Å². The highest BCUT2D eigenvalue weighted by Gasteiger charge is 2.27. The van der Waals surface area contributed by atoms with Crippen LogP contribution in [0.4, 0.5) is 0 Å². The number of aliphatic hydroxyl groups is 1. The van der Waals surface area contributed by atoms with Gasteiger partial charge in [0.05, 0.1) is 12.6 Å². The second-order valence-electron chi connectivity index (χ2n) is 4.65. The molecule has 2 heterocycles. The van der Waals surface area contributed by atoms with E-state index in [2.05, 4.69) is 4.98 Å². The zero-order chi connectivity index (χ0) is 13.1. The second kappa shape index (κ2) is 5.67. The summed E-state index contributed by atoms with van der Waals surface area (Å²) >= 11 is 5.87. The highest BCUT2D eigenvalue weighted by atomic mass is 35.5. The zero-order valence-corrected chi connectivity index (χ0v) is 11.2. The van der Waals surface area contributed by atoms with Crippen molar-refractivity contribution in [3.05, 3.63) is 28.5 Å². The van der Waals surface area contributed by atoms with Crippen LogP contribution in [-0.4, -0.2) is 40.1 Å². The van der Waals surface area contributed by atoms with E-state index in [1.807, 2.05) is 6.92 Å². The van der Waals surface area contributed by atoms with Crippen LogP contribution >= 0.6 is 11.6 Å². The molecule has 18 heavy (non-hydrogen) atoms. The molecule has 1 saturated heterocycles. The molecular weight excluding hydrogens is 252 g/mol. The van der Waals surface area contributed by atoms with Gasteiger partial charge in [-0.1, -0.05) is 11.6 Å². The number of hydrogen-bond donors (Lipinski definition) is 1. The SMILES string of the molecule is Cc1cc(C(=O)N2CCCCC2CO)cc(Cl)n1. The summed E-state index contributed by atoms with van der Waals surface area (Å²) in [5, 5.41) is 9.66. The number of aromatic nitrogens is 1. The molecule has 1 amide bonds. The van der Waals surface area contributed by atoms with Crippen molar-refractivity contribution in [2.45, 2.75) is 32.2 Å². The molecule has 4 nitrogen and oxygen atoms in total. The van der Waals surface area contributed by atoms with Gasteiger partial charge < -0.3 is 10.0 Å². The van der Waals surface area contributed by atoms with Gasteiger partial charge in [-0.15, -0.1) is 0 Å². The third-order valence-corrected chi connectivity index (χ3v) is 3.46. The third kappa shape index (κ3) is 2.82. The van der Waals surface area contributed by atoms with Crippen LogP contribution in [0.15, 0.2) is 12.1 Å². The molecule has 0 radical (unpaired) electrons. The lowest BCUT2D eigenvalue weighted by atomic mass is 10.0. The van der Waals surface area contributed by atoms with Gasteiger partial charge in [-0.2, -0.15) is 0 Å². The molecule has 1 atom stereocenters. The highest BCUT2D eigenvalue weighted by Crippen LogP contribution is 2.20. The fourth-order valence-electron chi connectivity index (χ4n) is 2.38. The van der Waals surface area contributed by atoms with Crippen molar-refractivity contribution in [3.8, 4) is 0 Å². The van der Waals surface area contributed by atoms with E-state index in [1.54, 1.807) is 17.0 Å². The van der Waals surface area contributed by atoms with Gasteiger partial charge >= 0.3 is 0 Å². The Morgan fingerprint density at radius 1 is 1.56 bits per heavy atom. The predicted octanol–water partition coefficient (Wildman–Crippen LogP) is 2.03. The zero-order valence-electron chi connectivity index (χ0n) is 10.4. The van der Waals surface area contributed by atoms with Gasteiger partial charge in [0.25, 0.3) is 5.91 Å². The van der Waals surface area contributed by atoms with Crippen LogP contribution in [0.2, 0.25) is 5.15 Å². The Hall–Kier alpha value is -1.13. The topological polar surface area (TPSA) is 53.4 Å².